The number of hydrogen-bond acceptors (Lipinski definition) is 8. The van der Waals surface area contributed by atoms with Crippen LogP contribution in [0.25, 0.3) is 0 Å². The van der Waals surface area contributed by atoms with Gasteiger partial charge in [-0.2, -0.15) is 0 Å². The highest BCUT2D eigenvalue weighted by Gasteiger charge is 2.54. The lowest BCUT2D eigenvalue weighted by Crippen LogP contribution is -2.65. The largest absolute Gasteiger partial charge is 0.456 e. The Bertz CT molecular complexity index is 663. The summed E-state index contributed by atoms with van der Waals surface area (Å²) in [6.07, 6.45) is 10.4. The Balaban J connectivity index is 5.38. The molecule has 0 aromatic carbocycles. The molecular formula is C32H60O8. The molecule has 236 valence electrons. The highest BCUT2D eigenvalue weighted by atomic mass is 16.6. The number of hydrogen-bond donors (Lipinski definition) is 4. The van der Waals surface area contributed by atoms with E-state index in [0.717, 1.165) is 96.3 Å². The number of unbranched alkanes of at least 4 members (excludes halogenated alkanes) is 15. The molecule has 0 radical (unpaired) electrons. The zero-order chi connectivity index (χ0) is 30.2. The molecule has 0 aromatic rings. The molecule has 0 spiro atoms. The van der Waals surface area contributed by atoms with Gasteiger partial charge in [-0.25, -0.2) is 0 Å². The number of ether oxygens (including phenoxy) is 1. The van der Waals surface area contributed by atoms with Gasteiger partial charge in [-0.05, 0) is 19.3 Å². The van der Waals surface area contributed by atoms with Crippen LogP contribution in [0.4, 0.5) is 0 Å². The molecule has 0 aliphatic rings. The topological polar surface area (TPSA) is 141 Å². The predicted molar refractivity (Wildman–Crippen MR) is 158 cm³/mol. The second-order valence-corrected chi connectivity index (χ2v) is 11.3. The van der Waals surface area contributed by atoms with Gasteiger partial charge in [-0.3, -0.25) is 14.4 Å². The lowest BCUT2D eigenvalue weighted by atomic mass is 9.80. The van der Waals surface area contributed by atoms with Crippen LogP contribution in [-0.4, -0.2) is 68.5 Å². The Kier molecular flexibility index (Phi) is 23.4. The fourth-order valence-electron chi connectivity index (χ4n) is 4.98. The number of rotatable bonds is 28. The highest BCUT2D eigenvalue weighted by Crippen LogP contribution is 2.27. The first kappa shape index (κ1) is 38.6. The van der Waals surface area contributed by atoms with Crippen molar-refractivity contribution < 1.29 is 39.5 Å². The summed E-state index contributed by atoms with van der Waals surface area (Å²) in [7, 11) is 0. The van der Waals surface area contributed by atoms with Crippen LogP contribution < -0.4 is 0 Å². The van der Waals surface area contributed by atoms with Crippen LogP contribution in [0.1, 0.15) is 156 Å². The number of aliphatic hydroxyl groups excluding tert-OH is 3. The molecule has 0 aliphatic carbocycles. The van der Waals surface area contributed by atoms with Crippen molar-refractivity contribution in [3.63, 3.8) is 0 Å². The van der Waals surface area contributed by atoms with E-state index in [2.05, 4.69) is 20.8 Å². The van der Waals surface area contributed by atoms with Crippen LogP contribution in [0.15, 0.2) is 0 Å². The molecule has 0 saturated carbocycles. The summed E-state index contributed by atoms with van der Waals surface area (Å²) in [5, 5.41) is 43.2. The Labute approximate surface area is 243 Å². The maximum absolute atomic E-state index is 13.3. The smallest absolute Gasteiger partial charge is 0.306 e. The Hall–Kier alpha value is -1.35. The van der Waals surface area contributed by atoms with E-state index in [1.165, 1.54) is 0 Å². The van der Waals surface area contributed by atoms with Crippen LogP contribution in [0.3, 0.4) is 0 Å². The standard InChI is InChI=1S/C32H60O8/c1-4-7-10-13-16-19-22-26(34)30(37)31(38)32(39,27(35)23-20-17-14-11-8-5-2)28(25-33)40-29(36)24-21-18-15-12-9-6-3/h28,30-31,33,37-39H,4-25H2,1-3H3/t28-,30?,31+,32+/m1/s1. The van der Waals surface area contributed by atoms with E-state index in [4.69, 9.17) is 4.74 Å². The van der Waals surface area contributed by atoms with E-state index < -0.39 is 48.1 Å². The molecule has 0 aliphatic heterocycles. The summed E-state index contributed by atoms with van der Waals surface area (Å²) in [6.45, 7) is 5.40. The Morgan fingerprint density at radius 2 is 1.02 bits per heavy atom. The van der Waals surface area contributed by atoms with E-state index in [0.29, 0.717) is 19.3 Å². The SMILES string of the molecule is CCCCCCCCC(=O)O[C@H](CO)[C@@](O)(C(=O)CCCCCCCC)[C@@H](O)C(O)C(=O)CCCCCCCC. The summed E-state index contributed by atoms with van der Waals surface area (Å²) < 4.78 is 5.32. The third-order valence-electron chi connectivity index (χ3n) is 7.73. The third-order valence-corrected chi connectivity index (χ3v) is 7.73. The van der Waals surface area contributed by atoms with Crippen molar-refractivity contribution in [2.45, 2.75) is 180 Å². The van der Waals surface area contributed by atoms with Crippen molar-refractivity contribution in [3.05, 3.63) is 0 Å². The van der Waals surface area contributed by atoms with Gasteiger partial charge in [0.05, 0.1) is 6.61 Å². The normalized spacial score (nSPS) is 15.3. The van der Waals surface area contributed by atoms with Gasteiger partial charge in [0.15, 0.2) is 23.3 Å². The predicted octanol–water partition coefficient (Wildman–Crippen LogP) is 5.73. The first-order valence-corrected chi connectivity index (χ1v) is 16.1. The first-order valence-electron chi connectivity index (χ1n) is 16.1. The lowest BCUT2D eigenvalue weighted by molar-refractivity contribution is -0.205. The number of esters is 1. The average molecular weight is 573 g/mol. The average Bonchev–Trinajstić information content (AvgIpc) is 2.95. The van der Waals surface area contributed by atoms with Crippen LogP contribution in [0, 0.1) is 0 Å². The Morgan fingerprint density at radius 3 is 1.48 bits per heavy atom. The number of aliphatic hydroxyl groups is 4. The molecular weight excluding hydrogens is 512 g/mol. The van der Waals surface area contributed by atoms with Crippen molar-refractivity contribution in [3.8, 4) is 0 Å². The molecule has 0 aromatic heterocycles. The van der Waals surface area contributed by atoms with Crippen molar-refractivity contribution in [2.75, 3.05) is 6.61 Å². The number of Topliss-reactive ketones (excluding diaryl/α,β-unsaturated/α-hetero) is 2. The molecule has 8 nitrogen and oxygen atoms in total. The minimum atomic E-state index is -2.80. The quantitative estimate of drug-likeness (QED) is 0.0688. The maximum Gasteiger partial charge on any atom is 0.306 e. The number of carbonyl (C=O) groups excluding carboxylic acids is 3. The minimum absolute atomic E-state index is 0.00629. The molecule has 40 heavy (non-hydrogen) atoms. The summed E-state index contributed by atoms with van der Waals surface area (Å²) >= 11 is 0. The summed E-state index contributed by atoms with van der Waals surface area (Å²) in [4.78, 5) is 38.5. The fraction of sp³-hybridized carbons (Fsp3) is 0.906. The van der Waals surface area contributed by atoms with Gasteiger partial charge in [-0.15, -0.1) is 0 Å². The van der Waals surface area contributed by atoms with Crippen molar-refractivity contribution in [1.29, 1.82) is 0 Å². The van der Waals surface area contributed by atoms with Gasteiger partial charge in [0, 0.05) is 19.3 Å². The van der Waals surface area contributed by atoms with Gasteiger partial charge in [-0.1, -0.05) is 117 Å². The number of carbonyl (C=O) groups is 3. The van der Waals surface area contributed by atoms with E-state index in [1.54, 1.807) is 0 Å². The van der Waals surface area contributed by atoms with Gasteiger partial charge in [0.1, 0.15) is 12.2 Å². The molecule has 4 N–H and O–H groups in total. The van der Waals surface area contributed by atoms with E-state index >= 15 is 0 Å². The fourth-order valence-corrected chi connectivity index (χ4v) is 4.98. The molecule has 4 atom stereocenters. The summed E-state index contributed by atoms with van der Waals surface area (Å²) in [5.41, 5.74) is -2.80. The summed E-state index contributed by atoms with van der Waals surface area (Å²) in [5.74, 6) is -2.25. The zero-order valence-electron chi connectivity index (χ0n) is 25.7. The monoisotopic (exact) mass is 572 g/mol. The number of ketones is 2. The van der Waals surface area contributed by atoms with Crippen LogP contribution in [-0.2, 0) is 19.1 Å². The van der Waals surface area contributed by atoms with Gasteiger partial charge < -0.3 is 25.2 Å². The summed E-state index contributed by atoms with van der Waals surface area (Å²) in [6, 6.07) is 0. The van der Waals surface area contributed by atoms with Gasteiger partial charge in [0.25, 0.3) is 0 Å². The maximum atomic E-state index is 13.3. The molecule has 0 saturated heterocycles. The molecule has 0 fully saturated rings. The molecule has 0 bridgehead atoms. The third kappa shape index (κ3) is 15.6. The lowest BCUT2D eigenvalue weighted by Gasteiger charge is -2.38. The second kappa shape index (κ2) is 24.3. The zero-order valence-corrected chi connectivity index (χ0v) is 25.7. The second-order valence-electron chi connectivity index (χ2n) is 11.3. The Morgan fingerprint density at radius 1 is 0.625 bits per heavy atom. The van der Waals surface area contributed by atoms with Gasteiger partial charge >= 0.3 is 5.97 Å². The molecule has 8 heteroatoms. The van der Waals surface area contributed by atoms with E-state index in [-0.39, 0.29) is 19.3 Å². The molecule has 0 rings (SSSR count). The van der Waals surface area contributed by atoms with Crippen LogP contribution in [0.5, 0.6) is 0 Å². The first-order chi connectivity index (χ1) is 19.2. The molecule has 1 unspecified atom stereocenters. The van der Waals surface area contributed by atoms with E-state index in [9.17, 15) is 34.8 Å². The van der Waals surface area contributed by atoms with E-state index in [1.807, 2.05) is 0 Å². The van der Waals surface area contributed by atoms with Gasteiger partial charge in [0.2, 0.25) is 0 Å². The highest BCUT2D eigenvalue weighted by molar-refractivity contribution is 5.91. The molecule has 0 amide bonds. The van der Waals surface area contributed by atoms with Crippen molar-refractivity contribution in [1.82, 2.24) is 0 Å². The minimum Gasteiger partial charge on any atom is -0.456 e. The van der Waals surface area contributed by atoms with Crippen molar-refractivity contribution in [2.24, 2.45) is 0 Å². The van der Waals surface area contributed by atoms with Crippen LogP contribution in [0.2, 0.25) is 0 Å². The van der Waals surface area contributed by atoms with Crippen LogP contribution >= 0.6 is 0 Å². The molecule has 0 heterocycles. The van der Waals surface area contributed by atoms with Crippen molar-refractivity contribution >= 4 is 17.5 Å².